The lowest BCUT2D eigenvalue weighted by molar-refractivity contribution is 0.0433. The molecule has 0 spiro atoms. The Morgan fingerprint density at radius 3 is 0.804 bits per heavy atom. The van der Waals surface area contributed by atoms with Crippen LogP contribution in [-0.4, -0.2) is 73.7 Å². The Labute approximate surface area is 309 Å². The number of nitrogens with zero attached hydrogens (tertiary/aromatic N) is 4. The van der Waals surface area contributed by atoms with Crippen LogP contribution in [0.2, 0.25) is 0 Å². The monoisotopic (exact) mass is 701 g/mol. The lowest BCUT2D eigenvalue weighted by Crippen LogP contribution is -2.50. The minimum atomic E-state index is -0.0405. The van der Waals surface area contributed by atoms with E-state index in [9.17, 15) is 0 Å². The maximum Gasteiger partial charge on any atom is 0.272 e. The Balaban J connectivity index is 1.29. The first-order valence-corrected chi connectivity index (χ1v) is 22.1. The summed E-state index contributed by atoms with van der Waals surface area (Å²) >= 11 is 0. The number of rotatable bonds is 9. The van der Waals surface area contributed by atoms with Gasteiger partial charge in [-0.2, -0.15) is 0 Å². The number of amides is 3. The summed E-state index contributed by atoms with van der Waals surface area (Å²) in [6.07, 6.45) is 33.9. The maximum atomic E-state index is 15.1. The normalized spacial score (nSPS) is 24.2. The zero-order chi connectivity index (χ0) is 35.0. The van der Waals surface area contributed by atoms with Crippen molar-refractivity contribution >= 4 is 17.7 Å². The Morgan fingerprint density at radius 2 is 0.569 bits per heavy atom. The van der Waals surface area contributed by atoms with Crippen LogP contribution in [0.5, 0.6) is 0 Å². The third-order valence-electron chi connectivity index (χ3n) is 14.0. The molecule has 6 aliphatic rings. The average molecular weight is 701 g/mol. The number of carbonyl (C=O) groups is 3. The highest BCUT2D eigenvalue weighted by molar-refractivity contribution is 6.02. The zero-order valence-corrected chi connectivity index (χ0v) is 31.8. The summed E-state index contributed by atoms with van der Waals surface area (Å²) in [7, 11) is 0. The Hall–Kier alpha value is -2.44. The van der Waals surface area contributed by atoms with E-state index in [-0.39, 0.29) is 54.0 Å². The van der Waals surface area contributed by atoms with Crippen LogP contribution in [-0.2, 0) is 0 Å². The number of carbonyl (C=O) groups excluding carboxylic acids is 3. The van der Waals surface area contributed by atoms with Gasteiger partial charge in [0.1, 0.15) is 11.4 Å². The molecule has 0 aromatic carbocycles. The van der Waals surface area contributed by atoms with E-state index in [0.29, 0.717) is 17.0 Å². The SMILES string of the molecule is O=C(c1cc(C(=O)N(C2CCCCC2)C2CCCCC2)nc(C(=O)N(C2CCCCC2)C2CCCCC2)c1)N(C1CCCCC1)C1CCCCC1. The predicted octanol–water partition coefficient (Wildman–Crippen LogP) is 10.4. The summed E-state index contributed by atoms with van der Waals surface area (Å²) in [4.78, 5) is 56.9. The van der Waals surface area contributed by atoms with Crippen LogP contribution in [0.15, 0.2) is 12.1 Å². The van der Waals surface area contributed by atoms with Gasteiger partial charge in [-0.15, -0.1) is 0 Å². The van der Waals surface area contributed by atoms with Gasteiger partial charge in [-0.05, 0) is 89.2 Å². The number of pyridine rings is 1. The molecule has 6 saturated carbocycles. The van der Waals surface area contributed by atoms with Crippen molar-refractivity contribution in [2.75, 3.05) is 0 Å². The van der Waals surface area contributed by atoms with Crippen LogP contribution in [0.25, 0.3) is 0 Å². The molecule has 7 heteroatoms. The highest BCUT2D eigenvalue weighted by Gasteiger charge is 2.39. The molecule has 0 bridgehead atoms. The first-order chi connectivity index (χ1) is 25.1. The lowest BCUT2D eigenvalue weighted by Gasteiger charge is -2.43. The minimum absolute atomic E-state index is 0.0306. The second-order valence-electron chi connectivity index (χ2n) is 17.5. The van der Waals surface area contributed by atoms with E-state index in [4.69, 9.17) is 4.98 Å². The fourth-order valence-corrected chi connectivity index (χ4v) is 11.3. The standard InChI is InChI=1S/C44H68N4O3/c49-42(46(34-19-7-1-8-20-34)35-21-9-2-10-22-35)33-31-40(43(50)47(36-23-11-3-12-24-36)37-25-13-4-14-26-37)45-41(32-33)44(51)48(38-27-15-5-16-28-38)39-29-17-6-18-30-39/h31-32,34-39H,1-30H2. The molecule has 6 fully saturated rings. The Morgan fingerprint density at radius 1 is 0.353 bits per heavy atom. The van der Waals surface area contributed by atoms with Gasteiger partial charge in [-0.25, -0.2) is 4.98 Å². The second kappa shape index (κ2) is 18.1. The van der Waals surface area contributed by atoms with Crippen molar-refractivity contribution in [3.63, 3.8) is 0 Å². The van der Waals surface area contributed by atoms with Crippen LogP contribution in [0, 0.1) is 0 Å². The first kappa shape index (κ1) is 36.9. The molecular weight excluding hydrogens is 633 g/mol. The van der Waals surface area contributed by atoms with Gasteiger partial charge < -0.3 is 14.7 Å². The Kier molecular flexibility index (Phi) is 13.1. The molecule has 7 rings (SSSR count). The van der Waals surface area contributed by atoms with Gasteiger partial charge in [0, 0.05) is 41.8 Å². The van der Waals surface area contributed by atoms with Crippen LogP contribution in [0.4, 0.5) is 0 Å². The van der Waals surface area contributed by atoms with Crippen molar-refractivity contribution in [2.24, 2.45) is 0 Å². The summed E-state index contributed by atoms with van der Waals surface area (Å²) in [5.74, 6) is -0.0504. The molecule has 1 aromatic heterocycles. The fourth-order valence-electron chi connectivity index (χ4n) is 11.3. The molecule has 3 amide bonds. The van der Waals surface area contributed by atoms with Crippen LogP contribution in [0.3, 0.4) is 0 Å². The van der Waals surface area contributed by atoms with Gasteiger partial charge in [-0.1, -0.05) is 116 Å². The zero-order valence-electron chi connectivity index (χ0n) is 31.8. The number of hydrogen-bond acceptors (Lipinski definition) is 4. The van der Waals surface area contributed by atoms with Crippen molar-refractivity contribution < 1.29 is 14.4 Å². The van der Waals surface area contributed by atoms with Crippen molar-refractivity contribution in [3.8, 4) is 0 Å². The third kappa shape index (κ3) is 8.86. The molecular formula is C44H68N4O3. The summed E-state index contributed by atoms with van der Waals surface area (Å²) in [6.45, 7) is 0. The fraction of sp³-hybridized carbons (Fsp3) is 0.818. The molecule has 0 N–H and O–H groups in total. The molecule has 0 radical (unpaired) electrons. The van der Waals surface area contributed by atoms with E-state index in [1.54, 1.807) is 0 Å². The van der Waals surface area contributed by atoms with Gasteiger partial charge in [0.05, 0.1) is 0 Å². The Bertz CT molecular complexity index is 1070. The molecule has 1 heterocycles. The third-order valence-corrected chi connectivity index (χ3v) is 14.0. The molecule has 282 valence electrons. The topological polar surface area (TPSA) is 73.8 Å². The maximum absolute atomic E-state index is 15.1. The molecule has 51 heavy (non-hydrogen) atoms. The van der Waals surface area contributed by atoms with Crippen molar-refractivity contribution in [3.05, 3.63) is 29.1 Å². The van der Waals surface area contributed by atoms with Crippen LogP contribution >= 0.6 is 0 Å². The smallest absolute Gasteiger partial charge is 0.272 e. The molecule has 1 aromatic rings. The van der Waals surface area contributed by atoms with Gasteiger partial charge in [-0.3, -0.25) is 14.4 Å². The molecule has 0 aliphatic heterocycles. The van der Waals surface area contributed by atoms with Gasteiger partial charge in [0.25, 0.3) is 17.7 Å². The van der Waals surface area contributed by atoms with Crippen molar-refractivity contribution in [1.82, 2.24) is 19.7 Å². The van der Waals surface area contributed by atoms with Crippen LogP contribution in [0.1, 0.15) is 224 Å². The second-order valence-corrected chi connectivity index (χ2v) is 17.5. The number of hydrogen-bond donors (Lipinski definition) is 0. The van der Waals surface area contributed by atoms with E-state index < -0.39 is 0 Å². The lowest BCUT2D eigenvalue weighted by atomic mass is 9.87. The van der Waals surface area contributed by atoms with E-state index >= 15 is 14.4 Å². The van der Waals surface area contributed by atoms with Gasteiger partial charge in [0.2, 0.25) is 0 Å². The largest absolute Gasteiger partial charge is 0.333 e. The van der Waals surface area contributed by atoms with E-state index in [1.807, 2.05) is 12.1 Å². The van der Waals surface area contributed by atoms with E-state index in [1.165, 1.54) is 64.2 Å². The van der Waals surface area contributed by atoms with Crippen molar-refractivity contribution in [1.29, 1.82) is 0 Å². The summed E-state index contributed by atoms with van der Waals surface area (Å²) in [5, 5.41) is 0. The quantitative estimate of drug-likeness (QED) is 0.257. The molecule has 0 saturated heterocycles. The molecule has 0 atom stereocenters. The van der Waals surface area contributed by atoms with Crippen LogP contribution < -0.4 is 0 Å². The summed E-state index contributed by atoms with van der Waals surface area (Å²) in [6, 6.07) is 5.00. The summed E-state index contributed by atoms with van der Waals surface area (Å²) in [5.41, 5.74) is 1.19. The minimum Gasteiger partial charge on any atom is -0.333 e. The van der Waals surface area contributed by atoms with Gasteiger partial charge >= 0.3 is 0 Å². The molecule has 7 nitrogen and oxygen atoms in total. The number of aromatic nitrogens is 1. The van der Waals surface area contributed by atoms with Crippen molar-refractivity contribution in [2.45, 2.75) is 229 Å². The average Bonchev–Trinajstić information content (AvgIpc) is 3.20. The molecule has 6 aliphatic carbocycles. The van der Waals surface area contributed by atoms with Gasteiger partial charge in [0.15, 0.2) is 0 Å². The first-order valence-electron chi connectivity index (χ1n) is 22.1. The van der Waals surface area contributed by atoms with E-state index in [2.05, 4.69) is 14.7 Å². The molecule has 0 unspecified atom stereocenters. The highest BCUT2D eigenvalue weighted by Crippen LogP contribution is 2.36. The highest BCUT2D eigenvalue weighted by atomic mass is 16.2. The van der Waals surface area contributed by atoms with E-state index in [0.717, 1.165) is 128 Å². The summed E-state index contributed by atoms with van der Waals surface area (Å²) < 4.78 is 0. The predicted molar refractivity (Wildman–Crippen MR) is 204 cm³/mol.